The number of aryl methyl sites for hydroxylation is 1. The van der Waals surface area contributed by atoms with Gasteiger partial charge in [-0.25, -0.2) is 4.79 Å². The van der Waals surface area contributed by atoms with E-state index in [4.69, 9.17) is 10.2 Å². The SMILES string of the molecule is CCCCn1c(N)c(N(CC)C(=O)/C=C/c2ccc(C)o2)c(=O)[nH]c1=O. The van der Waals surface area contributed by atoms with Gasteiger partial charge in [0.05, 0.1) is 0 Å². The average molecular weight is 360 g/mol. The zero-order valence-corrected chi connectivity index (χ0v) is 15.2. The van der Waals surface area contributed by atoms with Crippen LogP contribution in [0.1, 0.15) is 38.2 Å². The van der Waals surface area contributed by atoms with Gasteiger partial charge in [0.1, 0.15) is 17.3 Å². The van der Waals surface area contributed by atoms with Crippen molar-refractivity contribution in [3.63, 3.8) is 0 Å². The standard InChI is InChI=1S/C18H24N4O4/c1-4-6-11-22-16(19)15(17(24)20-18(22)25)21(5-2)14(23)10-9-13-8-7-12(3)26-13/h7-10H,4-6,11,19H2,1-3H3,(H,20,24,25)/b10-9+. The van der Waals surface area contributed by atoms with Crippen molar-refractivity contribution in [2.75, 3.05) is 17.2 Å². The summed E-state index contributed by atoms with van der Waals surface area (Å²) < 4.78 is 6.67. The van der Waals surface area contributed by atoms with Crippen molar-refractivity contribution >= 4 is 23.5 Å². The quantitative estimate of drug-likeness (QED) is 0.732. The zero-order chi connectivity index (χ0) is 19.3. The number of unbranched alkanes of at least 4 members (excludes halogenated alkanes) is 1. The first kappa shape index (κ1) is 19.3. The molecule has 0 aromatic carbocycles. The number of nitrogens with two attached hydrogens (primary N) is 1. The van der Waals surface area contributed by atoms with Crippen LogP contribution in [0.25, 0.3) is 6.08 Å². The third-order valence-corrected chi connectivity index (χ3v) is 3.95. The lowest BCUT2D eigenvalue weighted by atomic mass is 10.3. The van der Waals surface area contributed by atoms with E-state index in [0.717, 1.165) is 18.6 Å². The molecule has 8 heteroatoms. The van der Waals surface area contributed by atoms with Gasteiger partial charge in [0.25, 0.3) is 11.5 Å². The summed E-state index contributed by atoms with van der Waals surface area (Å²) in [4.78, 5) is 40.3. The lowest BCUT2D eigenvalue weighted by Gasteiger charge is -2.21. The maximum atomic E-state index is 12.6. The van der Waals surface area contributed by atoms with Gasteiger partial charge in [-0.1, -0.05) is 13.3 Å². The van der Waals surface area contributed by atoms with Gasteiger partial charge in [-0.3, -0.25) is 19.1 Å². The van der Waals surface area contributed by atoms with Crippen LogP contribution in [0, 0.1) is 6.92 Å². The number of hydrogen-bond acceptors (Lipinski definition) is 5. The minimum Gasteiger partial charge on any atom is -0.462 e. The van der Waals surface area contributed by atoms with Crippen molar-refractivity contribution in [3.8, 4) is 0 Å². The van der Waals surface area contributed by atoms with Crippen LogP contribution in [0.15, 0.2) is 32.2 Å². The van der Waals surface area contributed by atoms with Crippen molar-refractivity contribution in [1.29, 1.82) is 0 Å². The number of carbonyl (C=O) groups excluding carboxylic acids is 1. The van der Waals surface area contributed by atoms with E-state index in [1.807, 2.05) is 6.92 Å². The van der Waals surface area contributed by atoms with Gasteiger partial charge in [-0.2, -0.15) is 0 Å². The molecule has 140 valence electrons. The maximum absolute atomic E-state index is 12.6. The number of carbonyl (C=O) groups is 1. The molecule has 0 saturated heterocycles. The summed E-state index contributed by atoms with van der Waals surface area (Å²) in [6.45, 7) is 6.11. The second kappa shape index (κ2) is 8.37. The summed E-state index contributed by atoms with van der Waals surface area (Å²) in [7, 11) is 0. The Labute approximate surface area is 150 Å². The first-order valence-electron chi connectivity index (χ1n) is 8.57. The fourth-order valence-electron chi connectivity index (χ4n) is 2.59. The first-order valence-corrected chi connectivity index (χ1v) is 8.57. The molecule has 0 fully saturated rings. The summed E-state index contributed by atoms with van der Waals surface area (Å²) >= 11 is 0. The summed E-state index contributed by atoms with van der Waals surface area (Å²) in [6.07, 6.45) is 4.42. The highest BCUT2D eigenvalue weighted by atomic mass is 16.3. The number of furan rings is 1. The molecule has 2 aromatic heterocycles. The summed E-state index contributed by atoms with van der Waals surface area (Å²) in [5, 5.41) is 0. The predicted octanol–water partition coefficient (Wildman–Crippen LogP) is 1.89. The highest BCUT2D eigenvalue weighted by Crippen LogP contribution is 2.18. The van der Waals surface area contributed by atoms with Gasteiger partial charge in [-0.15, -0.1) is 0 Å². The Morgan fingerprint density at radius 3 is 2.65 bits per heavy atom. The van der Waals surface area contributed by atoms with E-state index in [1.165, 1.54) is 21.6 Å². The Bertz CT molecular complexity index is 920. The number of anilines is 2. The van der Waals surface area contributed by atoms with Gasteiger partial charge in [-0.05, 0) is 38.5 Å². The van der Waals surface area contributed by atoms with Crippen LogP contribution in [0.2, 0.25) is 0 Å². The van der Waals surface area contributed by atoms with Crippen molar-refractivity contribution < 1.29 is 9.21 Å². The minimum absolute atomic E-state index is 0.00959. The number of nitrogens with zero attached hydrogens (tertiary/aromatic N) is 2. The van der Waals surface area contributed by atoms with Gasteiger partial charge in [0, 0.05) is 19.2 Å². The number of likely N-dealkylation sites (N-methyl/N-ethyl adjacent to an activating group) is 1. The largest absolute Gasteiger partial charge is 0.462 e. The number of rotatable bonds is 7. The molecule has 26 heavy (non-hydrogen) atoms. The van der Waals surface area contributed by atoms with Crippen molar-refractivity contribution in [2.24, 2.45) is 0 Å². The van der Waals surface area contributed by atoms with E-state index in [9.17, 15) is 14.4 Å². The van der Waals surface area contributed by atoms with Crippen LogP contribution < -0.4 is 21.9 Å². The molecule has 2 rings (SSSR count). The summed E-state index contributed by atoms with van der Waals surface area (Å²) in [5.41, 5.74) is 4.78. The van der Waals surface area contributed by atoms with Gasteiger partial charge >= 0.3 is 5.69 Å². The van der Waals surface area contributed by atoms with E-state index < -0.39 is 17.2 Å². The molecule has 0 spiro atoms. The van der Waals surface area contributed by atoms with Gasteiger partial charge in [0.2, 0.25) is 0 Å². The van der Waals surface area contributed by atoms with Crippen molar-refractivity contribution in [2.45, 2.75) is 40.2 Å². The number of aromatic nitrogens is 2. The molecule has 0 atom stereocenters. The highest BCUT2D eigenvalue weighted by Gasteiger charge is 2.21. The molecule has 2 heterocycles. The van der Waals surface area contributed by atoms with E-state index >= 15 is 0 Å². The number of amides is 1. The molecule has 3 N–H and O–H groups in total. The topological polar surface area (TPSA) is 114 Å². The van der Waals surface area contributed by atoms with E-state index in [0.29, 0.717) is 12.3 Å². The van der Waals surface area contributed by atoms with Crippen LogP contribution >= 0.6 is 0 Å². The van der Waals surface area contributed by atoms with Crippen molar-refractivity contribution in [3.05, 3.63) is 50.6 Å². The second-order valence-electron chi connectivity index (χ2n) is 5.86. The maximum Gasteiger partial charge on any atom is 0.330 e. The third kappa shape index (κ3) is 4.14. The van der Waals surface area contributed by atoms with Crippen LogP contribution in [0.5, 0.6) is 0 Å². The van der Waals surface area contributed by atoms with Crippen LogP contribution in [-0.2, 0) is 11.3 Å². The molecule has 0 unspecified atom stereocenters. The summed E-state index contributed by atoms with van der Waals surface area (Å²) in [5.74, 6) is 0.818. The van der Waals surface area contributed by atoms with Gasteiger partial charge in [0.15, 0.2) is 5.69 Å². The number of nitrogens with one attached hydrogen (secondary N) is 1. The van der Waals surface area contributed by atoms with Crippen molar-refractivity contribution in [1.82, 2.24) is 9.55 Å². The Balaban J connectivity index is 2.39. The molecule has 8 nitrogen and oxygen atoms in total. The predicted molar refractivity (Wildman–Crippen MR) is 101 cm³/mol. The molecule has 1 amide bonds. The van der Waals surface area contributed by atoms with Crippen LogP contribution in [-0.4, -0.2) is 22.0 Å². The minimum atomic E-state index is -0.683. The molecule has 2 aromatic rings. The number of hydrogen-bond donors (Lipinski definition) is 2. The Morgan fingerprint density at radius 2 is 2.08 bits per heavy atom. The van der Waals surface area contributed by atoms with Crippen LogP contribution in [0.3, 0.4) is 0 Å². The fraction of sp³-hybridized carbons (Fsp3) is 0.389. The molecular weight excluding hydrogens is 336 g/mol. The highest BCUT2D eigenvalue weighted by molar-refractivity contribution is 6.04. The molecule has 0 saturated carbocycles. The Hall–Kier alpha value is -3.03. The van der Waals surface area contributed by atoms with E-state index in [-0.39, 0.29) is 18.1 Å². The molecule has 0 radical (unpaired) electrons. The average Bonchev–Trinajstić information content (AvgIpc) is 3.01. The normalized spacial score (nSPS) is 11.2. The number of nitrogen functional groups attached to an aromatic ring is 1. The molecule has 0 aliphatic carbocycles. The third-order valence-electron chi connectivity index (χ3n) is 3.95. The zero-order valence-electron chi connectivity index (χ0n) is 15.2. The number of aromatic amines is 1. The van der Waals surface area contributed by atoms with Crippen LogP contribution in [0.4, 0.5) is 11.5 Å². The lowest BCUT2D eigenvalue weighted by molar-refractivity contribution is -0.114. The smallest absolute Gasteiger partial charge is 0.330 e. The summed E-state index contributed by atoms with van der Waals surface area (Å²) in [6, 6.07) is 3.52. The van der Waals surface area contributed by atoms with E-state index in [2.05, 4.69) is 4.98 Å². The first-order chi connectivity index (χ1) is 12.4. The molecule has 0 bridgehead atoms. The Morgan fingerprint density at radius 1 is 1.35 bits per heavy atom. The molecule has 0 aliphatic heterocycles. The fourth-order valence-corrected chi connectivity index (χ4v) is 2.59. The molecular formula is C18H24N4O4. The van der Waals surface area contributed by atoms with E-state index in [1.54, 1.807) is 26.0 Å². The lowest BCUT2D eigenvalue weighted by Crippen LogP contribution is -2.40. The number of H-pyrrole nitrogens is 1. The van der Waals surface area contributed by atoms with Gasteiger partial charge < -0.3 is 15.1 Å². The molecule has 0 aliphatic rings. The Kier molecular flexibility index (Phi) is 6.21. The second-order valence-corrected chi connectivity index (χ2v) is 5.86. The monoisotopic (exact) mass is 360 g/mol.